The van der Waals surface area contributed by atoms with Gasteiger partial charge in [0.2, 0.25) is 0 Å². The average molecular weight is 440 g/mol. The summed E-state index contributed by atoms with van der Waals surface area (Å²) in [6.45, 7) is 0. The molecular weight excluding hydrogens is 423 g/mol. The summed E-state index contributed by atoms with van der Waals surface area (Å²) in [5.41, 5.74) is 0. The molecule has 9 heteroatoms. The van der Waals surface area contributed by atoms with Crippen LogP contribution in [0.2, 0.25) is 0 Å². The Morgan fingerprint density at radius 1 is 0.517 bits per heavy atom. The molecule has 0 aromatic heterocycles. The van der Waals surface area contributed by atoms with Crippen LogP contribution in [0.1, 0.15) is 1.43 Å². The first-order chi connectivity index (χ1) is 13.1. The number of fused-ring (bicyclic) bond motifs is 2. The molecule has 4 rings (SSSR count). The minimum absolute atomic E-state index is 0. The van der Waals surface area contributed by atoms with Gasteiger partial charge in [-0.25, -0.2) is 0 Å². The molecule has 0 fully saturated rings. The first-order valence-corrected chi connectivity index (χ1v) is 11.0. The van der Waals surface area contributed by atoms with Gasteiger partial charge < -0.3 is 1.43 Å². The third-order valence-electron chi connectivity index (χ3n) is 4.04. The van der Waals surface area contributed by atoms with Crippen molar-refractivity contribution >= 4 is 41.8 Å². The molecule has 0 saturated carbocycles. The zero-order chi connectivity index (χ0) is 20.4. The zero-order valence-corrected chi connectivity index (χ0v) is 19.1. The molecule has 0 unspecified atom stereocenters. The van der Waals surface area contributed by atoms with E-state index in [1.54, 1.807) is 24.3 Å². The van der Waals surface area contributed by atoms with Gasteiger partial charge in [-0.05, 0) is 45.8 Å². The van der Waals surface area contributed by atoms with Gasteiger partial charge >= 0.3 is 29.6 Å². The molecule has 29 heavy (non-hydrogen) atoms. The molecule has 0 saturated heterocycles. The van der Waals surface area contributed by atoms with Crippen LogP contribution in [0.15, 0.2) is 94.7 Å². The van der Waals surface area contributed by atoms with Crippen molar-refractivity contribution in [2.24, 2.45) is 0 Å². The quantitative estimate of drug-likeness (QED) is 0.359. The summed E-state index contributed by atoms with van der Waals surface area (Å²) in [5, 5.41) is 3.48. The van der Waals surface area contributed by atoms with Gasteiger partial charge in [0.1, 0.15) is 0 Å². The summed E-state index contributed by atoms with van der Waals surface area (Å²) in [5.74, 6) is 0. The van der Waals surface area contributed by atoms with Gasteiger partial charge in [-0.3, -0.25) is 9.11 Å². The molecule has 146 valence electrons. The molecule has 0 amide bonds. The number of hydrogen-bond donors (Lipinski definition) is 2. The monoisotopic (exact) mass is 440 g/mol. The largest absolute Gasteiger partial charge is 1.00 e. The average Bonchev–Trinajstić information content (AvgIpc) is 2.66. The molecule has 0 heterocycles. The summed E-state index contributed by atoms with van der Waals surface area (Å²) >= 11 is 0. The van der Waals surface area contributed by atoms with E-state index >= 15 is 0 Å². The van der Waals surface area contributed by atoms with Gasteiger partial charge in [-0.15, -0.1) is 0 Å². The second-order valence-corrected chi connectivity index (χ2v) is 8.81. The fraction of sp³-hybridized carbons (Fsp3) is 0. The second kappa shape index (κ2) is 9.36. The van der Waals surface area contributed by atoms with Gasteiger partial charge in [0.15, 0.2) is 0 Å². The predicted octanol–water partition coefficient (Wildman–Crippen LogP) is 1.29. The Bertz CT molecular complexity index is 1270. The standard InChI is InChI=1S/2C10H8O3S.Na.H/c2*11-14(12,13)10-6-5-8-3-1-2-4-9(8)7-10;;/h2*1-7H,(H,11,12,13);;/q;;+1;-1. The minimum Gasteiger partial charge on any atom is -1.00 e. The SMILES string of the molecule is O=S(=O)(O)c1ccc2ccccc2c1.O=S(=O)(O)c1ccc2ccccc2c1.[H-].[Na+]. The predicted molar refractivity (Wildman–Crippen MR) is 109 cm³/mol. The normalized spacial score (nSPS) is 11.4. The van der Waals surface area contributed by atoms with E-state index in [4.69, 9.17) is 9.11 Å². The van der Waals surface area contributed by atoms with Crippen LogP contribution >= 0.6 is 0 Å². The van der Waals surface area contributed by atoms with Crippen LogP contribution in [0.25, 0.3) is 21.5 Å². The first kappa shape index (κ1) is 23.5. The molecule has 4 aromatic rings. The summed E-state index contributed by atoms with van der Waals surface area (Å²) in [6, 6.07) is 23.7. The Morgan fingerprint density at radius 2 is 0.828 bits per heavy atom. The molecule has 0 aliphatic heterocycles. The molecule has 2 N–H and O–H groups in total. The van der Waals surface area contributed by atoms with Crippen molar-refractivity contribution in [2.45, 2.75) is 9.79 Å². The zero-order valence-electron chi connectivity index (χ0n) is 16.4. The first-order valence-electron chi connectivity index (χ1n) is 8.07. The van der Waals surface area contributed by atoms with Crippen molar-refractivity contribution < 1.29 is 56.9 Å². The summed E-state index contributed by atoms with van der Waals surface area (Å²) in [4.78, 5) is -0.146. The Morgan fingerprint density at radius 3 is 1.14 bits per heavy atom. The molecule has 0 radical (unpaired) electrons. The van der Waals surface area contributed by atoms with E-state index in [-0.39, 0.29) is 40.8 Å². The maximum Gasteiger partial charge on any atom is 1.00 e. The smallest absolute Gasteiger partial charge is 1.00 e. The number of benzene rings is 4. The van der Waals surface area contributed by atoms with Gasteiger partial charge in [-0.2, -0.15) is 16.8 Å². The number of hydrogen-bond acceptors (Lipinski definition) is 4. The summed E-state index contributed by atoms with van der Waals surface area (Å²) in [7, 11) is -8.19. The molecule has 0 aliphatic rings. The molecule has 0 bridgehead atoms. The Kier molecular flexibility index (Phi) is 7.58. The maximum atomic E-state index is 10.8. The van der Waals surface area contributed by atoms with Crippen LogP contribution in [0, 0.1) is 0 Å². The molecular formula is C20H17NaO6S2. The van der Waals surface area contributed by atoms with E-state index in [1.807, 2.05) is 36.4 Å². The van der Waals surface area contributed by atoms with Gasteiger partial charge in [0.25, 0.3) is 20.2 Å². The summed E-state index contributed by atoms with van der Waals surface area (Å²) < 4.78 is 61.0. The Labute approximate surface area is 192 Å². The van der Waals surface area contributed by atoms with E-state index in [9.17, 15) is 16.8 Å². The van der Waals surface area contributed by atoms with Crippen LogP contribution in [0.5, 0.6) is 0 Å². The fourth-order valence-electron chi connectivity index (χ4n) is 2.66. The number of rotatable bonds is 2. The van der Waals surface area contributed by atoms with Gasteiger partial charge in [0.05, 0.1) is 9.79 Å². The molecule has 0 atom stereocenters. The third-order valence-corrected chi connectivity index (χ3v) is 5.74. The molecule has 6 nitrogen and oxygen atoms in total. The van der Waals surface area contributed by atoms with Gasteiger partial charge in [-0.1, -0.05) is 60.7 Å². The topological polar surface area (TPSA) is 109 Å². The summed E-state index contributed by atoms with van der Waals surface area (Å²) in [6.07, 6.45) is 0. The van der Waals surface area contributed by atoms with Crippen LogP contribution < -0.4 is 29.6 Å². The third kappa shape index (κ3) is 6.10. The Balaban J connectivity index is 0.000000281. The van der Waals surface area contributed by atoms with Crippen LogP contribution in [0.4, 0.5) is 0 Å². The van der Waals surface area contributed by atoms with Crippen LogP contribution in [0.3, 0.4) is 0 Å². The van der Waals surface area contributed by atoms with E-state index in [1.165, 1.54) is 24.3 Å². The fourth-order valence-corrected chi connectivity index (χ4v) is 3.69. The van der Waals surface area contributed by atoms with Crippen molar-refractivity contribution in [3.63, 3.8) is 0 Å². The van der Waals surface area contributed by atoms with E-state index in [0.717, 1.165) is 21.5 Å². The molecule has 0 spiro atoms. The van der Waals surface area contributed by atoms with Crippen molar-refractivity contribution in [3.8, 4) is 0 Å². The van der Waals surface area contributed by atoms with Crippen molar-refractivity contribution in [1.82, 2.24) is 0 Å². The van der Waals surface area contributed by atoms with Crippen molar-refractivity contribution in [3.05, 3.63) is 84.9 Å². The maximum absolute atomic E-state index is 10.8. The molecule has 4 aromatic carbocycles. The second-order valence-electron chi connectivity index (χ2n) is 5.97. The van der Waals surface area contributed by atoms with E-state index in [0.29, 0.717) is 0 Å². The van der Waals surface area contributed by atoms with Gasteiger partial charge in [0, 0.05) is 0 Å². The van der Waals surface area contributed by atoms with Crippen LogP contribution in [-0.4, -0.2) is 25.9 Å². The van der Waals surface area contributed by atoms with Crippen molar-refractivity contribution in [1.29, 1.82) is 0 Å². The Hall–Kier alpha value is -1.78. The van der Waals surface area contributed by atoms with Crippen molar-refractivity contribution in [2.75, 3.05) is 0 Å². The van der Waals surface area contributed by atoms with Crippen LogP contribution in [-0.2, 0) is 20.2 Å². The molecule has 0 aliphatic carbocycles. The minimum atomic E-state index is -4.09. The van der Waals surface area contributed by atoms with E-state index < -0.39 is 20.2 Å². The van der Waals surface area contributed by atoms with E-state index in [2.05, 4.69) is 0 Å².